The fourth-order valence-electron chi connectivity index (χ4n) is 11.9. The molecule has 0 aliphatic carbocycles. The number of rotatable bonds is 20. The quantitative estimate of drug-likeness (QED) is 0.143. The molecular formula is H45B43. The Hall–Kier alpha value is 2.79. The van der Waals surface area contributed by atoms with Crippen molar-refractivity contribution in [1.29, 1.82) is 0 Å². The normalized spacial score (nSPS) is 9.58. The van der Waals surface area contributed by atoms with E-state index in [-0.39, 0.29) is 0 Å². The first kappa shape index (κ1) is 45.8. The maximum absolute atomic E-state index is 2.67. The zero-order valence-electron chi connectivity index (χ0n) is 34.3. The van der Waals surface area contributed by atoms with Gasteiger partial charge in [0.2, 0.25) is 0 Å². The molecule has 0 amide bonds. The monoisotopic (exact) mass is 519 g/mol. The van der Waals surface area contributed by atoms with Crippen molar-refractivity contribution in [3.05, 3.63) is 0 Å². The van der Waals surface area contributed by atoms with E-state index in [1.165, 1.54) is 7.06 Å². The summed E-state index contributed by atoms with van der Waals surface area (Å²) >= 11 is 0. The molecule has 43 heavy (non-hydrogen) atoms. The fraction of sp³-hybridized carbons (Fsp3) is 0. The molecule has 0 nitrogen and oxygen atoms in total. The summed E-state index contributed by atoms with van der Waals surface area (Å²) in [5.41, 5.74) is 0. The molecule has 0 N–H and O–H groups in total. The highest BCUT2D eigenvalue weighted by atomic mass is 13.4. The van der Waals surface area contributed by atoms with Crippen molar-refractivity contribution in [3.63, 3.8) is 0 Å². The van der Waals surface area contributed by atoms with Crippen molar-refractivity contribution in [3.8, 4) is 0 Å². The van der Waals surface area contributed by atoms with Gasteiger partial charge < -0.3 is 0 Å². The van der Waals surface area contributed by atoms with Gasteiger partial charge in [0.1, 0.15) is 0 Å². The smallest absolute Gasteiger partial charge is 0.0000509 e. The zero-order valence-corrected chi connectivity index (χ0v) is 34.3. The van der Waals surface area contributed by atoms with Gasteiger partial charge in [-0.3, -0.25) is 0 Å². The second kappa shape index (κ2) is 21.1. The summed E-state index contributed by atoms with van der Waals surface area (Å²) in [7, 11) is 58.0. The summed E-state index contributed by atoms with van der Waals surface area (Å²) in [5, 5.41) is 0. The first-order chi connectivity index (χ1) is 19.6. The second-order valence-electron chi connectivity index (χ2n) is 19.0. The Labute approximate surface area is 302 Å². The molecule has 0 rings (SSSR count). The average Bonchev–Trinajstić information content (AvgIpc) is 2.80. The lowest BCUT2D eigenvalue weighted by atomic mass is 8.26. The molecule has 0 aromatic rings. The maximum Gasteiger partial charge on any atom is 0.0594 e. The summed E-state index contributed by atoms with van der Waals surface area (Å²) in [5.74, 6) is 0. The van der Waals surface area contributed by atoms with E-state index in [0.717, 1.165) is 63.9 Å². The molecule has 0 heterocycles. The Morgan fingerprint density at radius 1 is 0.209 bits per heavy atom. The average molecular weight is 510 g/mol. The summed E-state index contributed by atoms with van der Waals surface area (Å²) in [6.07, 6.45) is 14.2. The van der Waals surface area contributed by atoms with E-state index in [4.69, 9.17) is 0 Å². The Bertz CT molecular complexity index is 580. The van der Waals surface area contributed by atoms with E-state index in [1.807, 2.05) is 0 Å². The highest BCUT2D eigenvalue weighted by Gasteiger charge is 2.58. The van der Waals surface area contributed by atoms with E-state index >= 15 is 0 Å². The minimum atomic E-state index is 0.690. The van der Waals surface area contributed by atoms with Gasteiger partial charge in [-0.15, -0.1) is 0 Å². The molecule has 174 valence electrons. The second-order valence-corrected chi connectivity index (χ2v) is 19.0. The van der Waals surface area contributed by atoms with Crippen LogP contribution in [-0.4, -0.2) is 305 Å². The highest BCUT2D eigenvalue weighted by Crippen LogP contribution is 2.19. The van der Waals surface area contributed by atoms with E-state index in [2.05, 4.69) is 170 Å². The largest absolute Gasteiger partial charge is 0.0594 e. The summed E-state index contributed by atoms with van der Waals surface area (Å²) < 4.78 is 0. The van der Waals surface area contributed by atoms with Gasteiger partial charge in [0.15, 0.2) is 0 Å². The van der Waals surface area contributed by atoms with Gasteiger partial charge in [0.05, 0.1) is 170 Å². The van der Waals surface area contributed by atoms with Gasteiger partial charge in [-0.2, -0.15) is 0 Å². The van der Waals surface area contributed by atoms with E-state index in [9.17, 15) is 0 Å². The molecule has 0 spiro atoms. The van der Waals surface area contributed by atoms with Crippen LogP contribution in [0, 0.1) is 0 Å². The van der Waals surface area contributed by atoms with Crippen LogP contribution in [0.4, 0.5) is 0 Å². The van der Waals surface area contributed by atoms with Gasteiger partial charge in [0.25, 0.3) is 0 Å². The highest BCUT2D eigenvalue weighted by molar-refractivity contribution is 8.33. The van der Waals surface area contributed by atoms with Crippen LogP contribution in [0.2, 0.25) is 0 Å². The fourth-order valence-corrected chi connectivity index (χ4v) is 11.9. The predicted octanol–water partition coefficient (Wildman–Crippen LogP) is -28.4. The van der Waals surface area contributed by atoms with E-state index in [1.54, 1.807) is 0 Å². The van der Waals surface area contributed by atoms with Gasteiger partial charge in [-0.25, -0.2) is 0 Å². The van der Waals surface area contributed by atoms with Crippen molar-refractivity contribution in [1.82, 2.24) is 0 Å². The predicted molar refractivity (Wildman–Crippen MR) is 310 cm³/mol. The Balaban J connectivity index is 8.72. The molecule has 0 aliphatic rings. The molecule has 0 aliphatic heterocycles. The lowest BCUT2D eigenvalue weighted by Gasteiger charge is -2.54. The first-order valence-electron chi connectivity index (χ1n) is 19.6. The molecule has 0 unspecified atom stereocenters. The first-order valence-corrected chi connectivity index (χ1v) is 19.6. The zero-order chi connectivity index (χ0) is 34.3. The molecule has 0 saturated heterocycles. The molecule has 0 aromatic carbocycles. The molecule has 0 radical (unpaired) electrons. The molecule has 0 bridgehead atoms. The Morgan fingerprint density at radius 3 is 0.488 bits per heavy atom. The standard InChI is InChI=1S/B43H45/c1-23-34(22)40(35(24(2)3)25(4)5)43(41(36(26(6)7)27(8)9)37(28(10)11)29(12)13)42(38(30(14)15)31(16)17)39(32(18)19)33(20)21/h23H,1-22H2. The van der Waals surface area contributed by atoms with Gasteiger partial charge >= 0.3 is 0 Å². The molecular weight excluding hydrogens is 465 g/mol. The van der Waals surface area contributed by atoms with Gasteiger partial charge in [-0.1, -0.05) is 0 Å². The number of hydrogen-bond donors (Lipinski definition) is 0. The Morgan fingerprint density at radius 2 is 0.349 bits per heavy atom. The van der Waals surface area contributed by atoms with Crippen LogP contribution >= 0.6 is 0 Å². The van der Waals surface area contributed by atoms with Crippen LogP contribution in [0.15, 0.2) is 0 Å². The summed E-state index contributed by atoms with van der Waals surface area (Å²) in [6, 6.07) is 0. The molecule has 0 atom stereocenters. The van der Waals surface area contributed by atoms with Crippen LogP contribution in [0.25, 0.3) is 0 Å². The molecule has 43 heteroatoms. The van der Waals surface area contributed by atoms with Crippen LogP contribution in [0.5, 0.6) is 0 Å². The van der Waals surface area contributed by atoms with Crippen molar-refractivity contribution >= 4 is 305 Å². The summed E-state index contributed by atoms with van der Waals surface area (Å²) in [6.45, 7) is 0. The van der Waals surface area contributed by atoms with E-state index < -0.39 is 0 Å². The van der Waals surface area contributed by atoms with Crippen molar-refractivity contribution in [2.24, 2.45) is 0 Å². The third-order valence-electron chi connectivity index (χ3n) is 12.6. The van der Waals surface area contributed by atoms with Crippen molar-refractivity contribution in [2.45, 2.75) is 0 Å². The Kier molecular flexibility index (Phi) is 22.5. The van der Waals surface area contributed by atoms with Crippen molar-refractivity contribution in [2.75, 3.05) is 0 Å². The third-order valence-corrected chi connectivity index (χ3v) is 12.6. The molecule has 0 aromatic heterocycles. The summed E-state index contributed by atoms with van der Waals surface area (Å²) in [4.78, 5) is 0. The van der Waals surface area contributed by atoms with E-state index in [0.29, 0.717) is 63.9 Å². The molecule has 0 fully saturated rings. The third kappa shape index (κ3) is 12.6. The van der Waals surface area contributed by atoms with Gasteiger partial charge in [-0.05, 0) is 0 Å². The minimum absolute atomic E-state index is 0.690. The molecule has 0 saturated carbocycles. The maximum atomic E-state index is 2.67. The topological polar surface area (TPSA) is 0 Å². The number of hydrogen-bond acceptors (Lipinski definition) is 0. The van der Waals surface area contributed by atoms with Crippen molar-refractivity contribution < 1.29 is 0 Å². The lowest BCUT2D eigenvalue weighted by Crippen LogP contribution is -2.93. The SMILES string of the molecule is BBB(B)B(B(B(B)B)B(B)B)B(B(B(B(B)B)B(B)B)B(B(B)B)B(B)B)B(B(B(B)B)B(B)B)B(B(B)B)B(B)B. The van der Waals surface area contributed by atoms with Crippen LogP contribution in [-0.2, 0) is 0 Å². The van der Waals surface area contributed by atoms with Crippen LogP contribution in [0.3, 0.4) is 0 Å². The van der Waals surface area contributed by atoms with Gasteiger partial charge in [0, 0.05) is 135 Å². The van der Waals surface area contributed by atoms with Crippen LogP contribution < -0.4 is 0 Å². The minimum Gasteiger partial charge on any atom is 0.0000509 e. The lowest BCUT2D eigenvalue weighted by molar-refractivity contribution is 3.21. The van der Waals surface area contributed by atoms with Crippen LogP contribution in [0.1, 0.15) is 0 Å².